The quantitative estimate of drug-likeness (QED) is 0.361. The summed E-state index contributed by atoms with van der Waals surface area (Å²) in [7, 11) is 0. The molecule has 0 radical (unpaired) electrons. The van der Waals surface area contributed by atoms with Gasteiger partial charge in [0.2, 0.25) is 0 Å². The van der Waals surface area contributed by atoms with Crippen LogP contribution in [0.2, 0.25) is 0 Å². The maximum atomic E-state index is 7.21. The molecule has 2 aromatic rings. The van der Waals surface area contributed by atoms with Crippen molar-refractivity contribution in [2.45, 2.75) is 31.3 Å². The summed E-state index contributed by atoms with van der Waals surface area (Å²) < 4.78 is 5.77. The average Bonchev–Trinajstić information content (AvgIpc) is 3.49. The molecule has 0 heterocycles. The SMILES string of the molecule is C=CN(C=N)CCCOc1ccc(CNC2(c3ccccc3)CC2)cc1. The van der Waals surface area contributed by atoms with Gasteiger partial charge in [-0.25, -0.2) is 0 Å². The van der Waals surface area contributed by atoms with Gasteiger partial charge in [-0.1, -0.05) is 49.0 Å². The second-order valence-electron chi connectivity index (χ2n) is 6.70. The van der Waals surface area contributed by atoms with Crippen LogP contribution in [0.4, 0.5) is 0 Å². The van der Waals surface area contributed by atoms with Crippen LogP contribution in [-0.4, -0.2) is 24.4 Å². The lowest BCUT2D eigenvalue weighted by Gasteiger charge is -2.18. The first kappa shape index (κ1) is 18.2. The summed E-state index contributed by atoms with van der Waals surface area (Å²) in [5.74, 6) is 0.887. The van der Waals surface area contributed by atoms with Gasteiger partial charge < -0.3 is 15.0 Å². The summed E-state index contributed by atoms with van der Waals surface area (Å²) in [6, 6.07) is 19.0. The minimum atomic E-state index is 0.169. The van der Waals surface area contributed by atoms with Crippen LogP contribution in [0.1, 0.15) is 30.4 Å². The van der Waals surface area contributed by atoms with E-state index >= 15 is 0 Å². The Morgan fingerprint density at radius 3 is 2.46 bits per heavy atom. The average molecular weight is 349 g/mol. The van der Waals surface area contributed by atoms with Crippen molar-refractivity contribution < 1.29 is 4.74 Å². The van der Waals surface area contributed by atoms with Crippen LogP contribution in [0.25, 0.3) is 0 Å². The first-order valence-electron chi connectivity index (χ1n) is 9.17. The van der Waals surface area contributed by atoms with E-state index in [1.54, 1.807) is 11.1 Å². The summed E-state index contributed by atoms with van der Waals surface area (Å²) >= 11 is 0. The fourth-order valence-corrected chi connectivity index (χ4v) is 3.07. The van der Waals surface area contributed by atoms with Crippen LogP contribution < -0.4 is 10.1 Å². The number of nitrogens with one attached hydrogen (secondary N) is 2. The Kier molecular flexibility index (Phi) is 6.08. The lowest BCUT2D eigenvalue weighted by Crippen LogP contribution is -2.28. The van der Waals surface area contributed by atoms with Gasteiger partial charge in [-0.2, -0.15) is 0 Å². The lowest BCUT2D eigenvalue weighted by molar-refractivity contribution is 0.299. The molecule has 2 aromatic carbocycles. The Labute approximate surface area is 156 Å². The van der Waals surface area contributed by atoms with E-state index < -0.39 is 0 Å². The van der Waals surface area contributed by atoms with Gasteiger partial charge in [0.1, 0.15) is 5.75 Å². The maximum Gasteiger partial charge on any atom is 0.119 e. The zero-order chi connectivity index (χ0) is 18.2. The van der Waals surface area contributed by atoms with E-state index in [1.165, 1.54) is 30.3 Å². The van der Waals surface area contributed by atoms with Gasteiger partial charge in [0.25, 0.3) is 0 Å². The van der Waals surface area contributed by atoms with Crippen LogP contribution in [0.15, 0.2) is 67.4 Å². The molecule has 4 heteroatoms. The van der Waals surface area contributed by atoms with Gasteiger partial charge in [0.05, 0.1) is 12.9 Å². The molecule has 0 unspecified atom stereocenters. The summed E-state index contributed by atoms with van der Waals surface area (Å²) in [6.45, 7) is 5.91. The Balaban J connectivity index is 1.43. The minimum Gasteiger partial charge on any atom is -0.494 e. The number of rotatable bonds is 11. The van der Waals surface area contributed by atoms with Gasteiger partial charge in [0, 0.05) is 18.6 Å². The molecule has 0 bridgehead atoms. The number of hydrogen-bond acceptors (Lipinski definition) is 3. The molecule has 4 nitrogen and oxygen atoms in total. The van der Waals surface area contributed by atoms with Crippen molar-refractivity contribution in [1.29, 1.82) is 5.41 Å². The number of hydrogen-bond donors (Lipinski definition) is 2. The molecular formula is C22H27N3O. The normalized spacial score (nSPS) is 14.5. The standard InChI is InChI=1S/C22H27N3O/c1-2-25(18-23)15-6-16-26-21-11-9-19(10-12-21)17-24-22(13-14-22)20-7-4-3-5-8-20/h2-5,7-12,18,23-24H,1,6,13-17H2. The van der Waals surface area contributed by atoms with E-state index in [2.05, 4.69) is 54.4 Å². The molecule has 2 N–H and O–H groups in total. The van der Waals surface area contributed by atoms with Crippen molar-refractivity contribution in [2.24, 2.45) is 0 Å². The molecule has 3 rings (SSSR count). The third kappa shape index (κ3) is 4.73. The van der Waals surface area contributed by atoms with Crippen molar-refractivity contribution in [3.05, 3.63) is 78.5 Å². The maximum absolute atomic E-state index is 7.21. The Morgan fingerprint density at radius 2 is 1.85 bits per heavy atom. The predicted octanol–water partition coefficient (Wildman–Crippen LogP) is 4.29. The van der Waals surface area contributed by atoms with Gasteiger partial charge in [-0.15, -0.1) is 0 Å². The van der Waals surface area contributed by atoms with Crippen LogP contribution in [0.3, 0.4) is 0 Å². The zero-order valence-corrected chi connectivity index (χ0v) is 15.2. The van der Waals surface area contributed by atoms with Gasteiger partial charge in [0.15, 0.2) is 0 Å². The molecule has 1 aliphatic rings. The fraction of sp³-hybridized carbons (Fsp3) is 0.318. The van der Waals surface area contributed by atoms with E-state index in [0.29, 0.717) is 6.61 Å². The summed E-state index contributed by atoms with van der Waals surface area (Å²) in [4.78, 5) is 1.73. The van der Waals surface area contributed by atoms with E-state index in [9.17, 15) is 0 Å². The summed E-state index contributed by atoms with van der Waals surface area (Å²) in [6.07, 6.45) is 6.18. The van der Waals surface area contributed by atoms with Gasteiger partial charge >= 0.3 is 0 Å². The molecule has 1 aliphatic carbocycles. The highest BCUT2D eigenvalue weighted by atomic mass is 16.5. The van der Waals surface area contributed by atoms with Crippen molar-refractivity contribution in [1.82, 2.24) is 10.2 Å². The molecule has 1 fully saturated rings. The first-order valence-corrected chi connectivity index (χ1v) is 9.17. The number of benzene rings is 2. The first-order chi connectivity index (χ1) is 12.8. The Hall–Kier alpha value is -2.59. The highest BCUT2D eigenvalue weighted by Crippen LogP contribution is 2.45. The van der Waals surface area contributed by atoms with Crippen LogP contribution in [0.5, 0.6) is 5.75 Å². The van der Waals surface area contributed by atoms with E-state index in [-0.39, 0.29) is 5.54 Å². The molecule has 0 aromatic heterocycles. The van der Waals surface area contributed by atoms with E-state index in [1.807, 2.05) is 12.1 Å². The van der Waals surface area contributed by atoms with E-state index in [4.69, 9.17) is 10.1 Å². The van der Waals surface area contributed by atoms with Crippen LogP contribution in [-0.2, 0) is 12.1 Å². The molecule has 0 aliphatic heterocycles. The highest BCUT2D eigenvalue weighted by Gasteiger charge is 2.43. The lowest BCUT2D eigenvalue weighted by atomic mass is 10.0. The van der Waals surface area contributed by atoms with Crippen LogP contribution in [0, 0.1) is 5.41 Å². The molecule has 0 atom stereocenters. The minimum absolute atomic E-state index is 0.169. The van der Waals surface area contributed by atoms with Gasteiger partial charge in [-0.3, -0.25) is 5.41 Å². The molecule has 1 saturated carbocycles. The Bertz CT molecular complexity index is 700. The topological polar surface area (TPSA) is 48.4 Å². The smallest absolute Gasteiger partial charge is 0.119 e. The van der Waals surface area contributed by atoms with Crippen molar-refractivity contribution in [3.8, 4) is 5.75 Å². The predicted molar refractivity (Wildman–Crippen MR) is 106 cm³/mol. The van der Waals surface area contributed by atoms with Gasteiger partial charge in [-0.05, 0) is 48.7 Å². The van der Waals surface area contributed by atoms with Crippen LogP contribution >= 0.6 is 0 Å². The molecule has 26 heavy (non-hydrogen) atoms. The van der Waals surface area contributed by atoms with Crippen molar-refractivity contribution in [3.63, 3.8) is 0 Å². The Morgan fingerprint density at radius 1 is 1.12 bits per heavy atom. The monoisotopic (exact) mass is 349 g/mol. The number of nitrogens with zero attached hydrogens (tertiary/aromatic N) is 1. The molecule has 0 saturated heterocycles. The third-order valence-corrected chi connectivity index (χ3v) is 4.86. The molecule has 0 spiro atoms. The summed E-state index contributed by atoms with van der Waals surface area (Å²) in [5.41, 5.74) is 2.82. The highest BCUT2D eigenvalue weighted by molar-refractivity contribution is 5.51. The second kappa shape index (κ2) is 8.68. The molecular weight excluding hydrogens is 322 g/mol. The third-order valence-electron chi connectivity index (χ3n) is 4.86. The number of ether oxygens (including phenoxy) is 1. The largest absolute Gasteiger partial charge is 0.494 e. The zero-order valence-electron chi connectivity index (χ0n) is 15.2. The molecule has 136 valence electrons. The van der Waals surface area contributed by atoms with Crippen molar-refractivity contribution in [2.75, 3.05) is 13.2 Å². The van der Waals surface area contributed by atoms with E-state index in [0.717, 1.165) is 25.3 Å². The second-order valence-corrected chi connectivity index (χ2v) is 6.70. The van der Waals surface area contributed by atoms with Crippen molar-refractivity contribution >= 4 is 6.34 Å². The fourth-order valence-electron chi connectivity index (χ4n) is 3.07. The molecule has 0 amide bonds. The summed E-state index contributed by atoms with van der Waals surface area (Å²) in [5, 5.41) is 10.9.